The van der Waals surface area contributed by atoms with Crippen LogP contribution in [0.5, 0.6) is 0 Å². The third-order valence-electron chi connectivity index (χ3n) is 5.27. The summed E-state index contributed by atoms with van der Waals surface area (Å²) >= 11 is 0. The number of likely N-dealkylation sites (tertiary alicyclic amines) is 1. The second-order valence-corrected chi connectivity index (χ2v) is 6.87. The molecule has 2 nitrogen and oxygen atoms in total. The molecule has 3 rings (SSSR count). The van der Waals surface area contributed by atoms with Crippen molar-refractivity contribution >= 4 is 5.69 Å². The molecule has 0 radical (unpaired) electrons. The van der Waals surface area contributed by atoms with Gasteiger partial charge in [0.25, 0.3) is 0 Å². The second kappa shape index (κ2) is 6.17. The van der Waals surface area contributed by atoms with Gasteiger partial charge >= 0.3 is 0 Å². The van der Waals surface area contributed by atoms with Gasteiger partial charge in [-0.3, -0.25) is 4.90 Å². The topological polar surface area (TPSA) is 15.3 Å². The molecule has 2 heterocycles. The lowest BCUT2D eigenvalue weighted by Crippen LogP contribution is -2.44. The smallest absolute Gasteiger partial charge is 0.0373 e. The first-order valence-corrected chi connectivity index (χ1v) is 8.30. The molecule has 2 heteroatoms. The number of nitrogens with zero attached hydrogens (tertiary/aromatic N) is 1. The quantitative estimate of drug-likeness (QED) is 0.881. The molecular weight excluding hydrogens is 244 g/mol. The van der Waals surface area contributed by atoms with Crippen LogP contribution in [0.25, 0.3) is 0 Å². The molecule has 1 aromatic rings. The van der Waals surface area contributed by atoms with Crippen molar-refractivity contribution in [1.29, 1.82) is 0 Å². The van der Waals surface area contributed by atoms with E-state index in [0.717, 1.165) is 18.4 Å². The zero-order valence-corrected chi connectivity index (χ0v) is 12.9. The Labute approximate surface area is 123 Å². The lowest BCUT2D eigenvalue weighted by Gasteiger charge is -2.35. The molecule has 1 fully saturated rings. The molecule has 20 heavy (non-hydrogen) atoms. The molecular formula is C18H28N2. The SMILES string of the molecule is CC(C)C1CCCN(C2CNc3ccccc3C2)CC1. The Kier molecular flexibility index (Phi) is 4.30. The molecule has 0 amide bonds. The van der Waals surface area contributed by atoms with Gasteiger partial charge in [0.1, 0.15) is 0 Å². The summed E-state index contributed by atoms with van der Waals surface area (Å²) in [5.41, 5.74) is 2.84. The molecule has 0 spiro atoms. The molecule has 1 saturated heterocycles. The lowest BCUT2D eigenvalue weighted by molar-refractivity contribution is 0.202. The minimum atomic E-state index is 0.691. The molecule has 2 unspecified atom stereocenters. The van der Waals surface area contributed by atoms with Crippen molar-refractivity contribution in [2.75, 3.05) is 25.0 Å². The van der Waals surface area contributed by atoms with E-state index in [1.807, 2.05) is 0 Å². The molecule has 0 bridgehead atoms. The van der Waals surface area contributed by atoms with Crippen LogP contribution in [0, 0.1) is 11.8 Å². The molecule has 2 aliphatic rings. The maximum absolute atomic E-state index is 3.62. The average molecular weight is 272 g/mol. The molecule has 0 saturated carbocycles. The highest BCUT2D eigenvalue weighted by Gasteiger charge is 2.27. The van der Waals surface area contributed by atoms with Crippen LogP contribution in [-0.4, -0.2) is 30.6 Å². The summed E-state index contributed by atoms with van der Waals surface area (Å²) < 4.78 is 0. The number of para-hydroxylation sites is 1. The van der Waals surface area contributed by atoms with E-state index in [-0.39, 0.29) is 0 Å². The summed E-state index contributed by atoms with van der Waals surface area (Å²) in [5, 5.41) is 3.62. The third-order valence-corrected chi connectivity index (χ3v) is 5.27. The van der Waals surface area contributed by atoms with E-state index in [1.54, 1.807) is 0 Å². The minimum Gasteiger partial charge on any atom is -0.383 e. The average Bonchev–Trinajstić information content (AvgIpc) is 2.73. The predicted octanol–water partition coefficient (Wildman–Crippen LogP) is 3.78. The summed E-state index contributed by atoms with van der Waals surface area (Å²) in [6, 6.07) is 9.48. The molecule has 1 N–H and O–H groups in total. The molecule has 2 atom stereocenters. The Balaban J connectivity index is 1.63. The first kappa shape index (κ1) is 13.9. The van der Waals surface area contributed by atoms with Crippen LogP contribution >= 0.6 is 0 Å². The summed E-state index contributed by atoms with van der Waals surface area (Å²) in [6.07, 6.45) is 5.40. The number of fused-ring (bicyclic) bond motifs is 1. The number of hydrogen-bond donors (Lipinski definition) is 1. The van der Waals surface area contributed by atoms with E-state index < -0.39 is 0 Å². The van der Waals surface area contributed by atoms with Crippen LogP contribution in [-0.2, 0) is 6.42 Å². The van der Waals surface area contributed by atoms with E-state index in [2.05, 4.69) is 48.3 Å². The van der Waals surface area contributed by atoms with Gasteiger partial charge in [0.15, 0.2) is 0 Å². The van der Waals surface area contributed by atoms with E-state index in [1.165, 1.54) is 50.0 Å². The van der Waals surface area contributed by atoms with Gasteiger partial charge < -0.3 is 5.32 Å². The third kappa shape index (κ3) is 3.01. The van der Waals surface area contributed by atoms with E-state index >= 15 is 0 Å². The first-order chi connectivity index (χ1) is 9.74. The Bertz CT molecular complexity index is 441. The fourth-order valence-electron chi connectivity index (χ4n) is 3.86. The van der Waals surface area contributed by atoms with Gasteiger partial charge in [-0.1, -0.05) is 32.0 Å². The lowest BCUT2D eigenvalue weighted by atomic mass is 9.89. The van der Waals surface area contributed by atoms with Crippen LogP contribution in [0.15, 0.2) is 24.3 Å². The van der Waals surface area contributed by atoms with Crippen LogP contribution in [0.2, 0.25) is 0 Å². The van der Waals surface area contributed by atoms with Crippen molar-refractivity contribution in [2.45, 2.75) is 45.6 Å². The maximum Gasteiger partial charge on any atom is 0.0373 e. The van der Waals surface area contributed by atoms with Crippen molar-refractivity contribution in [3.63, 3.8) is 0 Å². The molecule has 1 aromatic carbocycles. The Morgan fingerprint density at radius 3 is 2.85 bits per heavy atom. The van der Waals surface area contributed by atoms with E-state index in [9.17, 15) is 0 Å². The Morgan fingerprint density at radius 2 is 2.00 bits per heavy atom. The van der Waals surface area contributed by atoms with Crippen LogP contribution < -0.4 is 5.32 Å². The van der Waals surface area contributed by atoms with Gasteiger partial charge in [0.05, 0.1) is 0 Å². The van der Waals surface area contributed by atoms with Crippen LogP contribution in [0.1, 0.15) is 38.7 Å². The molecule has 0 aliphatic carbocycles. The molecule has 110 valence electrons. The van der Waals surface area contributed by atoms with Crippen molar-refractivity contribution < 1.29 is 0 Å². The highest BCUT2D eigenvalue weighted by atomic mass is 15.2. The number of benzene rings is 1. The fraction of sp³-hybridized carbons (Fsp3) is 0.667. The summed E-state index contributed by atoms with van der Waals surface area (Å²) in [5.74, 6) is 1.78. The fourth-order valence-corrected chi connectivity index (χ4v) is 3.86. The van der Waals surface area contributed by atoms with Crippen molar-refractivity contribution in [3.05, 3.63) is 29.8 Å². The van der Waals surface area contributed by atoms with Gasteiger partial charge in [-0.15, -0.1) is 0 Å². The summed E-state index contributed by atoms with van der Waals surface area (Å²) in [6.45, 7) is 8.47. The monoisotopic (exact) mass is 272 g/mol. The molecule has 0 aromatic heterocycles. The van der Waals surface area contributed by atoms with Crippen LogP contribution in [0.3, 0.4) is 0 Å². The van der Waals surface area contributed by atoms with E-state index in [4.69, 9.17) is 0 Å². The van der Waals surface area contributed by atoms with Crippen molar-refractivity contribution in [1.82, 2.24) is 4.90 Å². The van der Waals surface area contributed by atoms with Gasteiger partial charge in [0.2, 0.25) is 0 Å². The largest absolute Gasteiger partial charge is 0.383 e. The Hall–Kier alpha value is -1.02. The summed E-state index contributed by atoms with van der Waals surface area (Å²) in [7, 11) is 0. The highest BCUT2D eigenvalue weighted by molar-refractivity contribution is 5.53. The minimum absolute atomic E-state index is 0.691. The van der Waals surface area contributed by atoms with Crippen molar-refractivity contribution in [2.24, 2.45) is 11.8 Å². The van der Waals surface area contributed by atoms with Crippen LogP contribution in [0.4, 0.5) is 5.69 Å². The van der Waals surface area contributed by atoms with Gasteiger partial charge in [-0.2, -0.15) is 0 Å². The van der Waals surface area contributed by atoms with Gasteiger partial charge in [-0.25, -0.2) is 0 Å². The maximum atomic E-state index is 3.62. The first-order valence-electron chi connectivity index (χ1n) is 8.30. The number of rotatable bonds is 2. The Morgan fingerprint density at radius 1 is 1.15 bits per heavy atom. The number of anilines is 1. The zero-order chi connectivity index (χ0) is 13.9. The van der Waals surface area contributed by atoms with Gasteiger partial charge in [-0.05, 0) is 62.2 Å². The summed E-state index contributed by atoms with van der Waals surface area (Å²) in [4.78, 5) is 2.74. The van der Waals surface area contributed by atoms with E-state index in [0.29, 0.717) is 6.04 Å². The predicted molar refractivity (Wildman–Crippen MR) is 86.2 cm³/mol. The molecule has 2 aliphatic heterocycles. The number of nitrogens with one attached hydrogen (secondary N) is 1. The number of hydrogen-bond acceptors (Lipinski definition) is 2. The zero-order valence-electron chi connectivity index (χ0n) is 12.9. The van der Waals surface area contributed by atoms with Crippen molar-refractivity contribution in [3.8, 4) is 0 Å². The second-order valence-electron chi connectivity index (χ2n) is 6.87. The van der Waals surface area contributed by atoms with Gasteiger partial charge in [0, 0.05) is 18.3 Å². The standard InChI is InChI=1S/C18H28N2/c1-14(2)15-7-5-10-20(11-9-15)17-12-16-6-3-4-8-18(16)19-13-17/h3-4,6,8,14-15,17,19H,5,7,9-13H2,1-2H3. The highest BCUT2D eigenvalue weighted by Crippen LogP contribution is 2.28. The normalized spacial score (nSPS) is 27.8.